The Bertz CT molecular complexity index is 316. The molecule has 1 aliphatic carbocycles. The summed E-state index contributed by atoms with van der Waals surface area (Å²) in [5.74, 6) is 1.40. The molecule has 18 heavy (non-hydrogen) atoms. The molecule has 3 atom stereocenters. The lowest BCUT2D eigenvalue weighted by Crippen LogP contribution is -2.49. The van der Waals surface area contributed by atoms with Crippen LogP contribution in [0.1, 0.15) is 66.7 Å². The Morgan fingerprint density at radius 1 is 1.11 bits per heavy atom. The topological polar surface area (TPSA) is 20.3 Å². The van der Waals surface area contributed by atoms with E-state index in [2.05, 4.69) is 39.5 Å². The lowest BCUT2D eigenvalue weighted by molar-refractivity contribution is -0.142. The van der Waals surface area contributed by atoms with Gasteiger partial charge in [0.1, 0.15) is 0 Å². The van der Waals surface area contributed by atoms with Crippen LogP contribution < -0.4 is 0 Å². The first-order chi connectivity index (χ1) is 8.32. The van der Waals surface area contributed by atoms with E-state index in [0.29, 0.717) is 18.0 Å². The number of hydrogen-bond donors (Lipinski definition) is 0. The van der Waals surface area contributed by atoms with Crippen LogP contribution in [0.25, 0.3) is 0 Å². The Morgan fingerprint density at radius 2 is 1.78 bits per heavy atom. The summed E-state index contributed by atoms with van der Waals surface area (Å²) >= 11 is 0. The van der Waals surface area contributed by atoms with Crippen LogP contribution in [0.2, 0.25) is 0 Å². The van der Waals surface area contributed by atoms with Crippen molar-refractivity contribution in [2.75, 3.05) is 0 Å². The Hall–Kier alpha value is -0.530. The van der Waals surface area contributed by atoms with Gasteiger partial charge in [-0.2, -0.15) is 0 Å². The minimum absolute atomic E-state index is 0.100. The maximum Gasteiger partial charge on any atom is 0.226 e. The van der Waals surface area contributed by atoms with Crippen molar-refractivity contribution in [2.45, 2.75) is 78.8 Å². The molecule has 0 N–H and O–H groups in total. The molecule has 0 bridgehead atoms. The second-order valence-corrected chi connectivity index (χ2v) is 7.59. The molecular weight excluding hydrogens is 222 g/mol. The average Bonchev–Trinajstić information content (AvgIpc) is 2.59. The fraction of sp³-hybridized carbons (Fsp3) is 0.938. The van der Waals surface area contributed by atoms with Crippen LogP contribution >= 0.6 is 0 Å². The molecule has 2 fully saturated rings. The molecule has 0 spiro atoms. The van der Waals surface area contributed by atoms with E-state index in [4.69, 9.17) is 0 Å². The number of hydrogen-bond acceptors (Lipinski definition) is 1. The Morgan fingerprint density at radius 3 is 2.33 bits per heavy atom. The first kappa shape index (κ1) is 13.9. The highest BCUT2D eigenvalue weighted by atomic mass is 16.2. The molecule has 1 saturated heterocycles. The third-order valence-corrected chi connectivity index (χ3v) is 4.96. The van der Waals surface area contributed by atoms with Crippen molar-refractivity contribution in [1.82, 2.24) is 4.90 Å². The molecule has 1 saturated carbocycles. The van der Waals surface area contributed by atoms with E-state index >= 15 is 0 Å². The Kier molecular flexibility index (Phi) is 3.75. The summed E-state index contributed by atoms with van der Waals surface area (Å²) in [6, 6.07) is 0.885. The zero-order valence-corrected chi connectivity index (χ0v) is 12.7. The van der Waals surface area contributed by atoms with E-state index < -0.39 is 0 Å². The predicted octanol–water partition coefficient (Wildman–Crippen LogP) is 3.85. The highest BCUT2D eigenvalue weighted by Crippen LogP contribution is 2.43. The molecule has 0 aromatic carbocycles. The third kappa shape index (κ3) is 2.44. The Labute approximate surface area is 112 Å². The molecule has 2 rings (SSSR count). The fourth-order valence-electron chi connectivity index (χ4n) is 4.01. The number of likely N-dealkylation sites (tertiary alicyclic amines) is 1. The fourth-order valence-corrected chi connectivity index (χ4v) is 4.01. The number of carbonyl (C=O) groups is 1. The molecule has 0 radical (unpaired) electrons. The van der Waals surface area contributed by atoms with Gasteiger partial charge >= 0.3 is 0 Å². The summed E-state index contributed by atoms with van der Waals surface area (Å²) in [5, 5.41) is 0. The Balaban J connectivity index is 2.29. The molecule has 2 nitrogen and oxygen atoms in total. The zero-order valence-electron chi connectivity index (χ0n) is 12.7. The van der Waals surface area contributed by atoms with Crippen molar-refractivity contribution in [2.24, 2.45) is 17.3 Å². The quantitative estimate of drug-likeness (QED) is 0.693. The van der Waals surface area contributed by atoms with Gasteiger partial charge in [-0.25, -0.2) is 0 Å². The summed E-state index contributed by atoms with van der Waals surface area (Å²) in [6.45, 7) is 11.0. The van der Waals surface area contributed by atoms with Gasteiger partial charge in [-0.3, -0.25) is 4.79 Å². The molecule has 3 unspecified atom stereocenters. The highest BCUT2D eigenvalue weighted by molar-refractivity contribution is 5.80. The minimum atomic E-state index is 0.100. The summed E-state index contributed by atoms with van der Waals surface area (Å²) in [4.78, 5) is 15.1. The number of carbonyl (C=O) groups excluding carboxylic acids is 1. The van der Waals surface area contributed by atoms with Gasteiger partial charge in [0.05, 0.1) is 0 Å². The van der Waals surface area contributed by atoms with E-state index in [1.54, 1.807) is 0 Å². The first-order valence-electron chi connectivity index (χ1n) is 7.64. The smallest absolute Gasteiger partial charge is 0.226 e. The van der Waals surface area contributed by atoms with Gasteiger partial charge in [0, 0.05) is 18.0 Å². The normalized spacial score (nSPS) is 33.8. The highest BCUT2D eigenvalue weighted by Gasteiger charge is 2.44. The van der Waals surface area contributed by atoms with Gasteiger partial charge in [0.2, 0.25) is 5.91 Å². The standard InChI is InChI=1S/C16H29NO/c1-11(2)17-14-8-6-7-12(14)9-10-13(15(17)18)16(3,4)5/h11-14H,6-10H2,1-5H3. The number of amides is 1. The van der Waals surface area contributed by atoms with Gasteiger partial charge in [-0.05, 0) is 50.9 Å². The predicted molar refractivity (Wildman–Crippen MR) is 75.3 cm³/mol. The molecule has 2 aliphatic rings. The summed E-state index contributed by atoms with van der Waals surface area (Å²) in [7, 11) is 0. The lowest BCUT2D eigenvalue weighted by atomic mass is 9.77. The third-order valence-electron chi connectivity index (χ3n) is 4.96. The number of fused-ring (bicyclic) bond motifs is 1. The maximum atomic E-state index is 12.9. The lowest BCUT2D eigenvalue weighted by Gasteiger charge is -2.38. The summed E-state index contributed by atoms with van der Waals surface area (Å²) in [6.07, 6.45) is 6.21. The average molecular weight is 251 g/mol. The van der Waals surface area contributed by atoms with Gasteiger partial charge in [0.15, 0.2) is 0 Å². The molecule has 2 heteroatoms. The molecule has 1 amide bonds. The van der Waals surface area contributed by atoms with Crippen molar-refractivity contribution < 1.29 is 4.79 Å². The van der Waals surface area contributed by atoms with Crippen LogP contribution in [-0.2, 0) is 4.79 Å². The minimum Gasteiger partial charge on any atom is -0.337 e. The van der Waals surface area contributed by atoms with Crippen molar-refractivity contribution >= 4 is 5.91 Å². The summed E-state index contributed by atoms with van der Waals surface area (Å²) < 4.78 is 0. The molecule has 0 aromatic rings. The maximum absolute atomic E-state index is 12.9. The van der Waals surface area contributed by atoms with Crippen molar-refractivity contribution in [3.63, 3.8) is 0 Å². The van der Waals surface area contributed by atoms with E-state index in [1.807, 2.05) is 0 Å². The SMILES string of the molecule is CC(C)N1C(=O)C(C(C)(C)C)CCC2CCCC21. The molecule has 0 aromatic heterocycles. The largest absolute Gasteiger partial charge is 0.337 e. The van der Waals surface area contributed by atoms with Gasteiger partial charge in [-0.1, -0.05) is 27.2 Å². The van der Waals surface area contributed by atoms with Crippen LogP contribution in [0, 0.1) is 17.3 Å². The summed E-state index contributed by atoms with van der Waals surface area (Å²) in [5.41, 5.74) is 0.100. The van der Waals surface area contributed by atoms with Gasteiger partial charge in [-0.15, -0.1) is 0 Å². The number of rotatable bonds is 1. The van der Waals surface area contributed by atoms with Crippen molar-refractivity contribution in [3.8, 4) is 0 Å². The van der Waals surface area contributed by atoms with Crippen LogP contribution in [0.3, 0.4) is 0 Å². The van der Waals surface area contributed by atoms with E-state index in [-0.39, 0.29) is 11.3 Å². The van der Waals surface area contributed by atoms with Crippen LogP contribution in [-0.4, -0.2) is 22.9 Å². The van der Waals surface area contributed by atoms with Gasteiger partial charge in [0.25, 0.3) is 0 Å². The zero-order chi connectivity index (χ0) is 13.5. The molecule has 1 heterocycles. The number of nitrogens with zero attached hydrogens (tertiary/aromatic N) is 1. The van der Waals surface area contributed by atoms with Crippen LogP contribution in [0.5, 0.6) is 0 Å². The van der Waals surface area contributed by atoms with Crippen molar-refractivity contribution in [3.05, 3.63) is 0 Å². The van der Waals surface area contributed by atoms with Gasteiger partial charge < -0.3 is 4.90 Å². The molecule has 1 aliphatic heterocycles. The molecular formula is C16H29NO. The second kappa shape index (κ2) is 4.86. The monoisotopic (exact) mass is 251 g/mol. The van der Waals surface area contributed by atoms with E-state index in [9.17, 15) is 4.79 Å². The van der Waals surface area contributed by atoms with Crippen LogP contribution in [0.15, 0.2) is 0 Å². The van der Waals surface area contributed by atoms with Crippen LogP contribution in [0.4, 0.5) is 0 Å². The second-order valence-electron chi connectivity index (χ2n) is 7.59. The molecule has 104 valence electrons. The first-order valence-corrected chi connectivity index (χ1v) is 7.64. The van der Waals surface area contributed by atoms with E-state index in [1.165, 1.54) is 25.7 Å². The van der Waals surface area contributed by atoms with Crippen molar-refractivity contribution in [1.29, 1.82) is 0 Å². The van der Waals surface area contributed by atoms with E-state index in [0.717, 1.165) is 12.3 Å².